The van der Waals surface area contributed by atoms with E-state index in [0.29, 0.717) is 5.84 Å². The molecule has 0 bridgehead atoms. The van der Waals surface area contributed by atoms with Crippen LogP contribution in [0.5, 0.6) is 0 Å². The largest absolute Gasteiger partial charge is 0.378 e. The van der Waals surface area contributed by atoms with Crippen molar-refractivity contribution in [3.63, 3.8) is 0 Å². The van der Waals surface area contributed by atoms with Gasteiger partial charge in [-0.1, -0.05) is 48.0 Å². The SMILES string of the molecule is CC(=O)C1=NN(c2ccccc2)[C@@H](c2ccc(N(C)C)cc2)N1c1ccc(C)cc1. The highest BCUT2D eigenvalue weighted by Gasteiger charge is 2.39. The Kier molecular flexibility index (Phi) is 5.27. The average molecular weight is 399 g/mol. The molecule has 0 fully saturated rings. The fourth-order valence-electron chi connectivity index (χ4n) is 3.65. The van der Waals surface area contributed by atoms with Gasteiger partial charge in [0.05, 0.1) is 5.69 Å². The number of hydrogen-bond acceptors (Lipinski definition) is 5. The minimum absolute atomic E-state index is 0.0658. The maximum Gasteiger partial charge on any atom is 0.198 e. The van der Waals surface area contributed by atoms with Gasteiger partial charge in [-0.15, -0.1) is 5.10 Å². The molecule has 0 aliphatic carbocycles. The van der Waals surface area contributed by atoms with Crippen molar-refractivity contribution in [2.24, 2.45) is 5.10 Å². The number of hydrogen-bond donors (Lipinski definition) is 0. The first-order valence-corrected chi connectivity index (χ1v) is 10.0. The Balaban J connectivity index is 1.86. The van der Waals surface area contributed by atoms with Crippen molar-refractivity contribution in [3.05, 3.63) is 90.0 Å². The van der Waals surface area contributed by atoms with Gasteiger partial charge in [0.1, 0.15) is 0 Å². The predicted octanol–water partition coefficient (Wildman–Crippen LogP) is 4.99. The van der Waals surface area contributed by atoms with E-state index in [1.165, 1.54) is 5.56 Å². The van der Waals surface area contributed by atoms with Crippen molar-refractivity contribution in [3.8, 4) is 0 Å². The van der Waals surface area contributed by atoms with E-state index in [4.69, 9.17) is 5.10 Å². The minimum Gasteiger partial charge on any atom is -0.378 e. The lowest BCUT2D eigenvalue weighted by Crippen LogP contribution is -2.37. The highest BCUT2D eigenvalue weighted by atomic mass is 16.1. The van der Waals surface area contributed by atoms with E-state index in [1.54, 1.807) is 6.92 Å². The van der Waals surface area contributed by atoms with Crippen molar-refractivity contribution in [2.45, 2.75) is 20.0 Å². The van der Waals surface area contributed by atoms with Crippen LogP contribution in [-0.4, -0.2) is 25.7 Å². The molecule has 0 aromatic heterocycles. The van der Waals surface area contributed by atoms with Gasteiger partial charge in [-0.2, -0.15) is 0 Å². The lowest BCUT2D eigenvalue weighted by atomic mass is 10.1. The van der Waals surface area contributed by atoms with Crippen LogP contribution >= 0.6 is 0 Å². The summed E-state index contributed by atoms with van der Waals surface area (Å²) in [5, 5.41) is 6.70. The summed E-state index contributed by atoms with van der Waals surface area (Å²) in [5.74, 6) is 0.369. The number of hydrazone groups is 1. The second-order valence-electron chi connectivity index (χ2n) is 7.73. The molecule has 5 heteroatoms. The summed E-state index contributed by atoms with van der Waals surface area (Å²) >= 11 is 0. The molecule has 5 nitrogen and oxygen atoms in total. The summed E-state index contributed by atoms with van der Waals surface area (Å²) in [6.07, 6.45) is -0.259. The molecule has 30 heavy (non-hydrogen) atoms. The number of anilines is 3. The molecule has 152 valence electrons. The van der Waals surface area contributed by atoms with Crippen LogP contribution < -0.4 is 14.8 Å². The van der Waals surface area contributed by atoms with Gasteiger partial charge in [-0.3, -0.25) is 9.69 Å². The van der Waals surface area contributed by atoms with Gasteiger partial charge in [-0.05, 0) is 48.9 Å². The van der Waals surface area contributed by atoms with E-state index in [-0.39, 0.29) is 11.9 Å². The summed E-state index contributed by atoms with van der Waals surface area (Å²) in [6.45, 7) is 3.63. The van der Waals surface area contributed by atoms with E-state index >= 15 is 0 Å². The fraction of sp³-hybridized carbons (Fsp3) is 0.200. The molecule has 3 aromatic rings. The van der Waals surface area contributed by atoms with Crippen LogP contribution in [-0.2, 0) is 4.79 Å². The van der Waals surface area contributed by atoms with Crippen LogP contribution in [0.15, 0.2) is 84.0 Å². The molecule has 0 spiro atoms. The Labute approximate surface area is 177 Å². The number of para-hydroxylation sites is 1. The summed E-state index contributed by atoms with van der Waals surface area (Å²) in [6, 6.07) is 26.6. The summed E-state index contributed by atoms with van der Waals surface area (Å²) in [7, 11) is 4.05. The molecular weight excluding hydrogens is 372 g/mol. The van der Waals surface area contributed by atoms with Crippen molar-refractivity contribution in [2.75, 3.05) is 28.9 Å². The lowest BCUT2D eigenvalue weighted by molar-refractivity contribution is -0.111. The summed E-state index contributed by atoms with van der Waals surface area (Å²) in [4.78, 5) is 16.7. The monoisotopic (exact) mass is 398 g/mol. The van der Waals surface area contributed by atoms with Gasteiger partial charge in [-0.25, -0.2) is 5.01 Å². The first kappa shape index (κ1) is 19.7. The van der Waals surface area contributed by atoms with Crippen molar-refractivity contribution in [1.29, 1.82) is 0 Å². The van der Waals surface area contributed by atoms with Crippen LogP contribution in [0.1, 0.15) is 24.2 Å². The van der Waals surface area contributed by atoms with Gasteiger partial charge < -0.3 is 4.90 Å². The Bertz CT molecular complexity index is 1060. The highest BCUT2D eigenvalue weighted by Crippen LogP contribution is 2.39. The first-order chi connectivity index (χ1) is 14.5. The van der Waals surface area contributed by atoms with E-state index in [0.717, 1.165) is 22.6 Å². The smallest absolute Gasteiger partial charge is 0.198 e. The van der Waals surface area contributed by atoms with Gasteiger partial charge >= 0.3 is 0 Å². The standard InChI is InChI=1S/C25H26N4O/c1-18-10-14-22(15-11-18)28-24(19(2)30)26-29(23-8-6-5-7-9-23)25(28)20-12-16-21(17-13-20)27(3)4/h5-17,25H,1-4H3/t25-/m0/s1. The van der Waals surface area contributed by atoms with Gasteiger partial charge in [0.15, 0.2) is 17.8 Å². The number of carbonyl (C=O) groups is 1. The second kappa shape index (κ2) is 8.03. The molecule has 1 heterocycles. The quantitative estimate of drug-likeness (QED) is 0.607. The zero-order valence-electron chi connectivity index (χ0n) is 17.8. The Morgan fingerprint density at radius 3 is 2.07 bits per heavy atom. The predicted molar refractivity (Wildman–Crippen MR) is 124 cm³/mol. The lowest BCUT2D eigenvalue weighted by Gasteiger charge is -2.32. The van der Waals surface area contributed by atoms with Crippen molar-refractivity contribution >= 4 is 28.7 Å². The van der Waals surface area contributed by atoms with Crippen LogP contribution in [0.4, 0.5) is 17.1 Å². The fourth-order valence-corrected chi connectivity index (χ4v) is 3.65. The normalized spacial score (nSPS) is 15.9. The first-order valence-electron chi connectivity index (χ1n) is 10.0. The molecule has 1 aliphatic heterocycles. The molecule has 0 saturated carbocycles. The van der Waals surface area contributed by atoms with E-state index < -0.39 is 0 Å². The van der Waals surface area contributed by atoms with Crippen LogP contribution in [0.25, 0.3) is 0 Å². The van der Waals surface area contributed by atoms with Gasteiger partial charge in [0, 0.05) is 32.4 Å². The third-order valence-electron chi connectivity index (χ3n) is 5.26. The number of amidine groups is 1. The van der Waals surface area contributed by atoms with Gasteiger partial charge in [0.2, 0.25) is 0 Å². The van der Waals surface area contributed by atoms with Gasteiger partial charge in [0.25, 0.3) is 0 Å². The van der Waals surface area contributed by atoms with Crippen LogP contribution in [0.2, 0.25) is 0 Å². The van der Waals surface area contributed by atoms with Crippen molar-refractivity contribution in [1.82, 2.24) is 0 Å². The number of aryl methyl sites for hydroxylation is 1. The van der Waals surface area contributed by atoms with E-state index in [1.807, 2.05) is 66.5 Å². The topological polar surface area (TPSA) is 39.2 Å². The number of nitrogens with zero attached hydrogens (tertiary/aromatic N) is 4. The molecule has 0 amide bonds. The van der Waals surface area contributed by atoms with Crippen LogP contribution in [0, 0.1) is 6.92 Å². The number of carbonyl (C=O) groups excluding carboxylic acids is 1. The molecule has 0 N–H and O–H groups in total. The number of Topliss-reactive ketones (excluding diaryl/α,β-unsaturated/α-hetero) is 1. The third kappa shape index (κ3) is 3.66. The molecule has 4 rings (SSSR count). The zero-order valence-corrected chi connectivity index (χ0v) is 17.8. The number of ketones is 1. The molecule has 0 radical (unpaired) electrons. The Hall–Kier alpha value is -3.60. The molecule has 1 aliphatic rings. The summed E-state index contributed by atoms with van der Waals surface area (Å²) in [5.41, 5.74) is 5.23. The van der Waals surface area contributed by atoms with Crippen molar-refractivity contribution < 1.29 is 4.79 Å². The maximum atomic E-state index is 12.6. The average Bonchev–Trinajstić information content (AvgIpc) is 3.16. The summed E-state index contributed by atoms with van der Waals surface area (Å²) < 4.78 is 0. The third-order valence-corrected chi connectivity index (χ3v) is 5.26. The number of benzene rings is 3. The molecule has 3 aromatic carbocycles. The molecule has 0 unspecified atom stereocenters. The zero-order chi connectivity index (χ0) is 21.3. The minimum atomic E-state index is -0.259. The maximum absolute atomic E-state index is 12.6. The molecule has 0 saturated heterocycles. The second-order valence-corrected chi connectivity index (χ2v) is 7.73. The Morgan fingerprint density at radius 1 is 0.867 bits per heavy atom. The van der Waals surface area contributed by atoms with E-state index in [9.17, 15) is 4.79 Å². The highest BCUT2D eigenvalue weighted by molar-refractivity contribution is 6.44. The Morgan fingerprint density at radius 2 is 1.50 bits per heavy atom. The molecule has 1 atom stereocenters. The van der Waals surface area contributed by atoms with E-state index in [2.05, 4.69) is 48.2 Å². The van der Waals surface area contributed by atoms with Crippen LogP contribution in [0.3, 0.4) is 0 Å². The number of rotatable bonds is 5. The molecular formula is C25H26N4O.